The summed E-state index contributed by atoms with van der Waals surface area (Å²) in [4.78, 5) is 51.8. The van der Waals surface area contributed by atoms with Gasteiger partial charge in [-0.1, -0.05) is 43.8 Å². The Morgan fingerprint density at radius 2 is 2.00 bits per heavy atom. The zero-order chi connectivity index (χ0) is 21.0. The average Bonchev–Trinajstić information content (AvgIpc) is 3.11. The second-order valence-corrected chi connectivity index (χ2v) is 8.53. The van der Waals surface area contributed by atoms with Gasteiger partial charge in [-0.2, -0.15) is 0 Å². The van der Waals surface area contributed by atoms with Gasteiger partial charge in [0.05, 0.1) is 6.04 Å². The number of piperidine rings is 1. The van der Waals surface area contributed by atoms with Crippen molar-refractivity contribution in [3.05, 3.63) is 36.0 Å². The van der Waals surface area contributed by atoms with Gasteiger partial charge in [0.2, 0.25) is 5.78 Å². The summed E-state index contributed by atoms with van der Waals surface area (Å²) in [5.74, 6) is -1.63. The number of aromatic amines is 1. The highest BCUT2D eigenvalue weighted by Crippen LogP contribution is 2.23. The fourth-order valence-electron chi connectivity index (χ4n) is 3.51. The van der Waals surface area contributed by atoms with E-state index >= 15 is 0 Å². The Kier molecular flexibility index (Phi) is 6.74. The van der Waals surface area contributed by atoms with Crippen LogP contribution < -0.4 is 10.6 Å². The topological polar surface area (TPSA) is 108 Å². The first-order chi connectivity index (χ1) is 13.9. The van der Waals surface area contributed by atoms with Crippen LogP contribution in [0.5, 0.6) is 0 Å². The van der Waals surface area contributed by atoms with Gasteiger partial charge in [0.25, 0.3) is 11.1 Å². The monoisotopic (exact) mass is 415 g/mol. The van der Waals surface area contributed by atoms with Crippen LogP contribution in [0.15, 0.2) is 30.5 Å². The second kappa shape index (κ2) is 9.26. The Hall–Kier alpha value is -2.61. The van der Waals surface area contributed by atoms with E-state index in [0.717, 1.165) is 28.2 Å². The lowest BCUT2D eigenvalue weighted by atomic mass is 9.87. The molecule has 0 radical (unpaired) electrons. The Bertz CT molecular complexity index is 937. The van der Waals surface area contributed by atoms with E-state index in [1.54, 1.807) is 0 Å². The first-order valence-corrected chi connectivity index (χ1v) is 10.7. The number of H-pyrrole nitrogens is 1. The van der Waals surface area contributed by atoms with Crippen LogP contribution in [0, 0.1) is 11.8 Å². The maximum Gasteiger partial charge on any atom is 0.287 e. The van der Waals surface area contributed by atoms with Gasteiger partial charge < -0.3 is 15.6 Å². The van der Waals surface area contributed by atoms with Crippen LogP contribution in [0.3, 0.4) is 0 Å². The first-order valence-electron chi connectivity index (χ1n) is 9.70. The third-order valence-electron chi connectivity index (χ3n) is 5.14. The SMILES string of the molecule is CC(C)C(NC(=O)SCc1c[nH]c2ccccc12)C(=O)CC1CCNC(=O)C1=O. The molecule has 154 valence electrons. The number of para-hydroxylation sites is 1. The molecule has 1 aliphatic rings. The Labute approximate surface area is 173 Å². The van der Waals surface area contributed by atoms with Crippen LogP contribution >= 0.6 is 11.8 Å². The summed E-state index contributed by atoms with van der Waals surface area (Å²) in [6.07, 6.45) is 2.31. The number of nitrogens with one attached hydrogen (secondary N) is 3. The molecule has 29 heavy (non-hydrogen) atoms. The van der Waals surface area contributed by atoms with Crippen LogP contribution in [0.1, 0.15) is 32.3 Å². The Morgan fingerprint density at radius 1 is 1.24 bits per heavy atom. The number of aromatic nitrogens is 1. The van der Waals surface area contributed by atoms with Crippen molar-refractivity contribution in [3.63, 3.8) is 0 Å². The molecule has 1 saturated heterocycles. The lowest BCUT2D eigenvalue weighted by Gasteiger charge is -2.25. The highest BCUT2D eigenvalue weighted by Gasteiger charge is 2.34. The van der Waals surface area contributed by atoms with Gasteiger partial charge in [0.1, 0.15) is 0 Å². The number of amides is 2. The predicted molar refractivity (Wildman–Crippen MR) is 112 cm³/mol. The molecular formula is C21H25N3O4S. The van der Waals surface area contributed by atoms with Gasteiger partial charge in [0, 0.05) is 41.7 Å². The van der Waals surface area contributed by atoms with Crippen molar-refractivity contribution < 1.29 is 19.2 Å². The molecular weight excluding hydrogens is 390 g/mol. The Balaban J connectivity index is 1.57. The van der Waals surface area contributed by atoms with Crippen molar-refractivity contribution in [2.24, 2.45) is 11.8 Å². The van der Waals surface area contributed by atoms with Gasteiger partial charge in [-0.25, -0.2) is 0 Å². The molecule has 0 spiro atoms. The number of ketones is 2. The molecule has 0 saturated carbocycles. The predicted octanol–water partition coefficient (Wildman–Crippen LogP) is 2.80. The lowest BCUT2D eigenvalue weighted by Crippen LogP contribution is -2.47. The first kappa shape index (κ1) is 21.1. The maximum absolute atomic E-state index is 12.7. The van der Waals surface area contributed by atoms with Gasteiger partial charge in [0.15, 0.2) is 5.78 Å². The minimum atomic E-state index is -0.684. The van der Waals surface area contributed by atoms with E-state index < -0.39 is 23.7 Å². The third-order valence-corrected chi connectivity index (χ3v) is 5.98. The summed E-state index contributed by atoms with van der Waals surface area (Å²) in [5, 5.41) is 6.07. The average molecular weight is 416 g/mol. The zero-order valence-electron chi connectivity index (χ0n) is 16.5. The Morgan fingerprint density at radius 3 is 2.76 bits per heavy atom. The van der Waals surface area contributed by atoms with Gasteiger partial charge >= 0.3 is 0 Å². The molecule has 2 atom stereocenters. The zero-order valence-corrected chi connectivity index (χ0v) is 17.3. The van der Waals surface area contributed by atoms with Crippen LogP contribution in [-0.4, -0.2) is 40.3 Å². The molecule has 1 fully saturated rings. The molecule has 2 amide bonds. The molecule has 2 heterocycles. The second-order valence-electron chi connectivity index (χ2n) is 7.58. The van der Waals surface area contributed by atoms with Crippen LogP contribution in [0.4, 0.5) is 4.79 Å². The number of hydrogen-bond donors (Lipinski definition) is 3. The van der Waals surface area contributed by atoms with Crippen LogP contribution in [-0.2, 0) is 20.1 Å². The molecule has 3 N–H and O–H groups in total. The smallest absolute Gasteiger partial charge is 0.287 e. The highest BCUT2D eigenvalue weighted by molar-refractivity contribution is 8.12. The molecule has 2 unspecified atom stereocenters. The van der Waals surface area contributed by atoms with Gasteiger partial charge in [-0.15, -0.1) is 0 Å². The molecule has 0 bridgehead atoms. The van der Waals surface area contributed by atoms with Crippen molar-refractivity contribution in [1.82, 2.24) is 15.6 Å². The van der Waals surface area contributed by atoms with Crippen molar-refractivity contribution in [3.8, 4) is 0 Å². The van der Waals surface area contributed by atoms with E-state index in [9.17, 15) is 19.2 Å². The molecule has 8 heteroatoms. The molecule has 3 rings (SSSR count). The largest absolute Gasteiger partial charge is 0.361 e. The normalized spacial score (nSPS) is 18.0. The number of carbonyl (C=O) groups excluding carboxylic acids is 4. The third kappa shape index (κ3) is 5.06. The molecule has 1 aromatic heterocycles. The van der Waals surface area contributed by atoms with E-state index in [4.69, 9.17) is 0 Å². The number of Topliss-reactive ketones (excluding diaryl/α,β-unsaturated/α-hetero) is 2. The number of carbonyl (C=O) groups is 4. The maximum atomic E-state index is 12.7. The van der Waals surface area contributed by atoms with Gasteiger partial charge in [-0.3, -0.25) is 19.2 Å². The number of benzene rings is 1. The van der Waals surface area contributed by atoms with Crippen molar-refractivity contribution >= 4 is 45.4 Å². The fourth-order valence-corrected chi connectivity index (χ4v) is 4.25. The molecule has 1 aliphatic heterocycles. The number of fused-ring (bicyclic) bond motifs is 1. The summed E-state index contributed by atoms with van der Waals surface area (Å²) in [7, 11) is 0. The van der Waals surface area contributed by atoms with Crippen molar-refractivity contribution in [2.75, 3.05) is 6.54 Å². The van der Waals surface area contributed by atoms with Crippen molar-refractivity contribution in [1.29, 1.82) is 0 Å². The number of hydrogen-bond acceptors (Lipinski definition) is 5. The standard InChI is InChI=1S/C21H25N3O4S/c1-12(2)18(17(25)9-13-7-8-22-20(27)19(13)26)24-21(28)29-11-14-10-23-16-6-4-3-5-15(14)16/h3-6,10,12-13,18,23H,7-9,11H2,1-2H3,(H,22,27)(H,24,28). The highest BCUT2D eigenvalue weighted by atomic mass is 32.2. The fraction of sp³-hybridized carbons (Fsp3) is 0.429. The summed E-state index contributed by atoms with van der Waals surface area (Å²) >= 11 is 1.11. The summed E-state index contributed by atoms with van der Waals surface area (Å²) < 4.78 is 0. The van der Waals surface area contributed by atoms with Crippen LogP contribution in [0.2, 0.25) is 0 Å². The van der Waals surface area contributed by atoms with E-state index in [0.29, 0.717) is 18.7 Å². The number of thioether (sulfide) groups is 1. The molecule has 0 aliphatic carbocycles. The minimum absolute atomic E-state index is 0.0253. The number of rotatable bonds is 7. The van der Waals surface area contributed by atoms with Crippen molar-refractivity contribution in [2.45, 2.75) is 38.5 Å². The summed E-state index contributed by atoms with van der Waals surface area (Å²) in [5.41, 5.74) is 2.03. The lowest BCUT2D eigenvalue weighted by molar-refractivity contribution is -0.143. The molecule has 7 nitrogen and oxygen atoms in total. The van der Waals surface area contributed by atoms with E-state index in [1.165, 1.54) is 0 Å². The van der Waals surface area contributed by atoms with Gasteiger partial charge in [-0.05, 0) is 24.0 Å². The van der Waals surface area contributed by atoms with E-state index in [-0.39, 0.29) is 23.4 Å². The minimum Gasteiger partial charge on any atom is -0.361 e. The quantitative estimate of drug-likeness (QED) is 0.603. The molecule has 1 aromatic carbocycles. The van der Waals surface area contributed by atoms with E-state index in [2.05, 4.69) is 15.6 Å². The summed E-state index contributed by atoms with van der Waals surface area (Å²) in [6, 6.07) is 7.18. The summed E-state index contributed by atoms with van der Waals surface area (Å²) in [6.45, 7) is 4.09. The van der Waals surface area contributed by atoms with E-state index in [1.807, 2.05) is 44.3 Å². The molecule has 2 aromatic rings. The van der Waals surface area contributed by atoms with Crippen LogP contribution in [0.25, 0.3) is 10.9 Å².